The van der Waals surface area contributed by atoms with Gasteiger partial charge in [-0.1, -0.05) is 12.1 Å². The molecule has 0 saturated carbocycles. The normalized spacial score (nSPS) is 10.1. The van der Waals surface area contributed by atoms with Crippen molar-refractivity contribution in [2.24, 2.45) is 0 Å². The highest BCUT2D eigenvalue weighted by Gasteiger charge is 2.13. The maximum Gasteiger partial charge on any atom is 0.265 e. The molecule has 2 aromatic rings. The van der Waals surface area contributed by atoms with Crippen LogP contribution in [0.2, 0.25) is 0 Å². The van der Waals surface area contributed by atoms with Crippen molar-refractivity contribution in [1.29, 1.82) is 0 Å². The van der Waals surface area contributed by atoms with E-state index in [-0.39, 0.29) is 11.7 Å². The number of rotatable bonds is 4. The van der Waals surface area contributed by atoms with Crippen LogP contribution in [0.15, 0.2) is 35.7 Å². The summed E-state index contributed by atoms with van der Waals surface area (Å²) >= 11 is 1.33. The maximum absolute atomic E-state index is 11.9. The molecule has 0 aliphatic heterocycles. The summed E-state index contributed by atoms with van der Waals surface area (Å²) in [6.07, 6.45) is 0. The van der Waals surface area contributed by atoms with Gasteiger partial charge in [0.05, 0.1) is 7.11 Å². The lowest BCUT2D eigenvalue weighted by molar-refractivity contribution is 0.0952. The molecule has 0 saturated heterocycles. The summed E-state index contributed by atoms with van der Waals surface area (Å²) in [5, 5.41) is 13.9. The predicted octanol–water partition coefficient (Wildman–Crippen LogP) is 2.39. The van der Waals surface area contributed by atoms with E-state index >= 15 is 0 Å². The molecular formula is C13H13NO3S. The van der Waals surface area contributed by atoms with Crippen molar-refractivity contribution in [2.45, 2.75) is 6.54 Å². The van der Waals surface area contributed by atoms with E-state index < -0.39 is 0 Å². The van der Waals surface area contributed by atoms with Crippen LogP contribution in [0.1, 0.15) is 15.2 Å². The zero-order valence-electron chi connectivity index (χ0n) is 9.84. The molecule has 0 unspecified atom stereocenters. The summed E-state index contributed by atoms with van der Waals surface area (Å²) in [4.78, 5) is 12.5. The molecule has 1 heterocycles. The van der Waals surface area contributed by atoms with Gasteiger partial charge in [0.15, 0.2) is 0 Å². The lowest BCUT2D eigenvalue weighted by Gasteiger charge is -2.06. The average Bonchev–Trinajstić information content (AvgIpc) is 2.84. The highest BCUT2D eigenvalue weighted by atomic mass is 32.1. The Morgan fingerprint density at radius 3 is 3.00 bits per heavy atom. The van der Waals surface area contributed by atoms with Gasteiger partial charge < -0.3 is 15.2 Å². The summed E-state index contributed by atoms with van der Waals surface area (Å²) in [5.41, 5.74) is 0.846. The molecule has 2 rings (SSSR count). The molecule has 2 N–H and O–H groups in total. The lowest BCUT2D eigenvalue weighted by atomic mass is 10.2. The molecule has 0 radical (unpaired) electrons. The first-order valence-corrected chi connectivity index (χ1v) is 6.26. The topological polar surface area (TPSA) is 58.6 Å². The minimum Gasteiger partial charge on any atom is -0.508 e. The Labute approximate surface area is 109 Å². The summed E-state index contributed by atoms with van der Waals surface area (Å²) in [6.45, 7) is 0.369. The predicted molar refractivity (Wildman–Crippen MR) is 70.1 cm³/mol. The van der Waals surface area contributed by atoms with Gasteiger partial charge >= 0.3 is 0 Å². The summed E-state index contributed by atoms with van der Waals surface area (Å²) in [7, 11) is 1.54. The number of amides is 1. The summed E-state index contributed by atoms with van der Waals surface area (Å²) < 4.78 is 5.09. The molecule has 4 nitrogen and oxygen atoms in total. The Morgan fingerprint density at radius 2 is 2.28 bits per heavy atom. The van der Waals surface area contributed by atoms with Crippen molar-refractivity contribution < 1.29 is 14.6 Å². The molecule has 1 aromatic carbocycles. The van der Waals surface area contributed by atoms with Crippen LogP contribution in [-0.4, -0.2) is 18.1 Å². The van der Waals surface area contributed by atoms with Gasteiger partial charge in [-0.2, -0.15) is 0 Å². The number of aromatic hydroxyl groups is 1. The van der Waals surface area contributed by atoms with Crippen molar-refractivity contribution >= 4 is 17.2 Å². The quantitative estimate of drug-likeness (QED) is 0.890. The number of phenols is 1. The Balaban J connectivity index is 2.00. The molecule has 1 aromatic heterocycles. The molecule has 0 bridgehead atoms. The van der Waals surface area contributed by atoms with E-state index in [0.717, 1.165) is 5.56 Å². The van der Waals surface area contributed by atoms with Crippen LogP contribution in [0.4, 0.5) is 0 Å². The van der Waals surface area contributed by atoms with Gasteiger partial charge in [0.25, 0.3) is 5.91 Å². The summed E-state index contributed by atoms with van der Waals surface area (Å²) in [6, 6.07) is 8.54. The van der Waals surface area contributed by atoms with Crippen LogP contribution in [0.5, 0.6) is 11.5 Å². The first-order chi connectivity index (χ1) is 8.70. The second-order valence-electron chi connectivity index (χ2n) is 3.67. The largest absolute Gasteiger partial charge is 0.508 e. The Bertz CT molecular complexity index is 551. The number of nitrogens with one attached hydrogen (secondary N) is 1. The second kappa shape index (κ2) is 5.55. The van der Waals surface area contributed by atoms with Gasteiger partial charge in [-0.25, -0.2) is 0 Å². The molecule has 0 aliphatic carbocycles. The first kappa shape index (κ1) is 12.4. The molecular weight excluding hydrogens is 250 g/mol. The fourth-order valence-electron chi connectivity index (χ4n) is 1.55. The van der Waals surface area contributed by atoms with Crippen LogP contribution >= 0.6 is 11.3 Å². The molecule has 0 aliphatic rings. The third-order valence-electron chi connectivity index (χ3n) is 2.42. The molecule has 0 atom stereocenters. The van der Waals surface area contributed by atoms with Crippen molar-refractivity contribution in [3.63, 3.8) is 0 Å². The first-order valence-electron chi connectivity index (χ1n) is 5.38. The zero-order valence-corrected chi connectivity index (χ0v) is 10.7. The third-order valence-corrected chi connectivity index (χ3v) is 3.31. The Morgan fingerprint density at radius 1 is 1.44 bits per heavy atom. The molecule has 0 spiro atoms. The molecule has 1 amide bonds. The van der Waals surface area contributed by atoms with Crippen molar-refractivity contribution in [2.75, 3.05) is 7.11 Å². The number of methoxy groups -OCH3 is 1. The second-order valence-corrected chi connectivity index (χ2v) is 4.59. The standard InChI is InChI=1S/C13H13NO3S/c1-17-11-5-6-18-12(11)13(16)14-8-9-3-2-4-10(15)7-9/h2-7,15H,8H2,1H3,(H,14,16). The number of phenolic OH excluding ortho intramolecular Hbond substituents is 1. The van der Waals surface area contributed by atoms with E-state index in [9.17, 15) is 9.90 Å². The van der Waals surface area contributed by atoms with Gasteiger partial charge in [-0.05, 0) is 29.1 Å². The zero-order chi connectivity index (χ0) is 13.0. The van der Waals surface area contributed by atoms with E-state index in [2.05, 4.69) is 5.32 Å². The van der Waals surface area contributed by atoms with Crippen LogP contribution in [0.3, 0.4) is 0 Å². The number of ether oxygens (including phenoxy) is 1. The van der Waals surface area contributed by atoms with E-state index in [0.29, 0.717) is 17.2 Å². The van der Waals surface area contributed by atoms with Crippen molar-refractivity contribution in [3.8, 4) is 11.5 Å². The Hall–Kier alpha value is -2.01. The van der Waals surface area contributed by atoms with E-state index in [1.54, 1.807) is 24.3 Å². The number of carbonyl (C=O) groups excluding carboxylic acids is 1. The van der Waals surface area contributed by atoms with Crippen molar-refractivity contribution in [3.05, 3.63) is 46.2 Å². The van der Waals surface area contributed by atoms with E-state index in [1.807, 2.05) is 11.4 Å². The van der Waals surface area contributed by atoms with E-state index in [1.165, 1.54) is 18.4 Å². The number of carbonyl (C=O) groups is 1. The number of hydrogen-bond acceptors (Lipinski definition) is 4. The van der Waals surface area contributed by atoms with Crippen LogP contribution in [0.25, 0.3) is 0 Å². The maximum atomic E-state index is 11.9. The molecule has 94 valence electrons. The Kier molecular flexibility index (Phi) is 3.84. The highest BCUT2D eigenvalue weighted by Crippen LogP contribution is 2.24. The van der Waals surface area contributed by atoms with Gasteiger partial charge in [0.1, 0.15) is 16.4 Å². The minimum atomic E-state index is -0.176. The fraction of sp³-hybridized carbons (Fsp3) is 0.154. The molecule has 5 heteroatoms. The van der Waals surface area contributed by atoms with Gasteiger partial charge in [0, 0.05) is 6.54 Å². The van der Waals surface area contributed by atoms with Gasteiger partial charge in [0.2, 0.25) is 0 Å². The SMILES string of the molecule is COc1ccsc1C(=O)NCc1cccc(O)c1. The molecule has 18 heavy (non-hydrogen) atoms. The smallest absolute Gasteiger partial charge is 0.265 e. The molecule has 0 fully saturated rings. The van der Waals surface area contributed by atoms with Crippen molar-refractivity contribution in [1.82, 2.24) is 5.32 Å². The van der Waals surface area contributed by atoms with Crippen LogP contribution in [0, 0.1) is 0 Å². The van der Waals surface area contributed by atoms with E-state index in [4.69, 9.17) is 4.74 Å². The highest BCUT2D eigenvalue weighted by molar-refractivity contribution is 7.12. The minimum absolute atomic E-state index is 0.176. The lowest BCUT2D eigenvalue weighted by Crippen LogP contribution is -2.22. The number of thiophene rings is 1. The summed E-state index contributed by atoms with van der Waals surface area (Å²) in [5.74, 6) is 0.592. The third kappa shape index (κ3) is 2.81. The fourth-order valence-corrected chi connectivity index (χ4v) is 2.33. The van der Waals surface area contributed by atoms with Crippen LogP contribution < -0.4 is 10.1 Å². The van der Waals surface area contributed by atoms with Gasteiger partial charge in [-0.3, -0.25) is 4.79 Å². The average molecular weight is 263 g/mol. The van der Waals surface area contributed by atoms with Gasteiger partial charge in [-0.15, -0.1) is 11.3 Å². The number of hydrogen-bond donors (Lipinski definition) is 2. The number of benzene rings is 1. The monoisotopic (exact) mass is 263 g/mol. The van der Waals surface area contributed by atoms with Crippen LogP contribution in [-0.2, 0) is 6.54 Å².